The van der Waals surface area contributed by atoms with Gasteiger partial charge in [0.05, 0.1) is 25.6 Å². The number of aliphatic carboxylic acids is 1. The van der Waals surface area contributed by atoms with Crippen molar-refractivity contribution in [3.63, 3.8) is 0 Å². The van der Waals surface area contributed by atoms with Gasteiger partial charge in [-0.05, 0) is 0 Å². The molecule has 7 atom stereocenters. The zero-order valence-corrected chi connectivity index (χ0v) is 27.5. The van der Waals surface area contributed by atoms with Crippen LogP contribution in [0.5, 0.6) is 0 Å². The first kappa shape index (κ1) is 38.5. The second-order valence-electron chi connectivity index (χ2n) is 7.66. The van der Waals surface area contributed by atoms with Crippen LogP contribution < -0.4 is 99.5 Å². The minimum atomic E-state index is -4.89. The third kappa shape index (κ3) is 9.52. The zero-order chi connectivity index (χ0) is 26.1. The summed E-state index contributed by atoms with van der Waals surface area (Å²) in [5.74, 6) is -1.87. The Hall–Kier alpha value is 0.490. The van der Waals surface area contributed by atoms with Crippen LogP contribution >= 0.6 is 7.82 Å². The van der Waals surface area contributed by atoms with Gasteiger partial charge in [-0.25, -0.2) is 14.3 Å². The number of nitrogens with zero attached hydrogens (tertiary/aromatic N) is 3. The van der Waals surface area contributed by atoms with Crippen LogP contribution in [0.15, 0.2) is 11.1 Å². The fourth-order valence-electron chi connectivity index (χ4n) is 3.35. The Morgan fingerprint density at radius 2 is 1.84 bits per heavy atom. The van der Waals surface area contributed by atoms with Crippen LogP contribution in [-0.2, 0) is 18.6 Å². The first-order valence-electron chi connectivity index (χ1n) is 9.97. The number of aliphatic hydroxyl groups is 5. The van der Waals surface area contributed by atoms with Crippen molar-refractivity contribution in [2.75, 3.05) is 18.5 Å². The average Bonchev–Trinajstić information content (AvgIpc) is 3.32. The smallest absolute Gasteiger partial charge is 0.480 e. The van der Waals surface area contributed by atoms with E-state index in [9.17, 15) is 39.7 Å². The van der Waals surface area contributed by atoms with Crippen LogP contribution in [0.4, 0.5) is 5.95 Å². The third-order valence-electron chi connectivity index (χ3n) is 5.17. The number of ether oxygens (including phenoxy) is 1. The summed E-state index contributed by atoms with van der Waals surface area (Å²) in [5, 5.41) is 60.5. The van der Waals surface area contributed by atoms with Gasteiger partial charge in [-0.3, -0.25) is 18.9 Å². The summed E-state index contributed by atoms with van der Waals surface area (Å²) in [4.78, 5) is 51.8. The van der Waals surface area contributed by atoms with Crippen molar-refractivity contribution < 1.29 is 148 Å². The van der Waals surface area contributed by atoms with E-state index in [0.717, 1.165) is 10.9 Å². The molecule has 22 heteroatoms. The Balaban J connectivity index is 0.00000456. The van der Waals surface area contributed by atoms with Crippen LogP contribution in [0.3, 0.4) is 0 Å². The molecule has 2 aromatic heterocycles. The number of aromatic amines is 1. The zero-order valence-electron chi connectivity index (χ0n) is 20.6. The summed E-state index contributed by atoms with van der Waals surface area (Å²) in [6, 6.07) is -1.56. The molecule has 1 aliphatic rings. The standard InChI is InChI=1S/C16H24N5O13P.3Na/c22-2-7(24)6(23)1-5(15(28)29)18-16-19-12-9(13(27)20-16)17-4-21(12)14-11(26)10(25)8(34-14)3-33-35(30,31)32;;;/h4-8,10-11,14,22-26H,1-3H2,(H,28,29)(H2,30,31,32)(H2,18,19,20,27);;;/q;3*+1/t5?,6?,7?,8-,10-,11-,14-;;;/m1.../s1. The summed E-state index contributed by atoms with van der Waals surface area (Å²) >= 11 is 0. The number of fused-ring (bicyclic) bond motifs is 1. The Morgan fingerprint density at radius 1 is 1.21 bits per heavy atom. The number of rotatable bonds is 11. The second kappa shape index (κ2) is 16.2. The number of carboxylic acid groups (broad SMARTS) is 1. The third-order valence-corrected chi connectivity index (χ3v) is 5.65. The summed E-state index contributed by atoms with van der Waals surface area (Å²) in [7, 11) is -4.89. The van der Waals surface area contributed by atoms with Gasteiger partial charge in [-0.2, -0.15) is 4.98 Å². The van der Waals surface area contributed by atoms with E-state index in [4.69, 9.17) is 19.6 Å². The number of hydrogen-bond donors (Lipinski definition) is 10. The topological polar surface area (TPSA) is 290 Å². The van der Waals surface area contributed by atoms with Crippen LogP contribution in [0, 0.1) is 0 Å². The molecular weight excluding hydrogens is 570 g/mol. The Labute approximate surface area is 279 Å². The van der Waals surface area contributed by atoms with E-state index < -0.39 is 87.7 Å². The maximum absolute atomic E-state index is 12.4. The van der Waals surface area contributed by atoms with E-state index in [0.29, 0.717) is 0 Å². The van der Waals surface area contributed by atoms with Gasteiger partial charge in [0.25, 0.3) is 5.56 Å². The molecule has 18 nitrogen and oxygen atoms in total. The van der Waals surface area contributed by atoms with Gasteiger partial charge in [-0.15, -0.1) is 0 Å². The maximum atomic E-state index is 12.4. The molecule has 1 aliphatic heterocycles. The normalized spacial score (nSPS) is 23.4. The largest absolute Gasteiger partial charge is 1.00 e. The molecule has 3 rings (SSSR count). The Bertz CT molecular complexity index is 1170. The molecule has 0 bridgehead atoms. The molecule has 3 unspecified atom stereocenters. The molecule has 2 aromatic rings. The fourth-order valence-corrected chi connectivity index (χ4v) is 3.70. The number of hydrogen-bond acceptors (Lipinski definition) is 13. The van der Waals surface area contributed by atoms with Gasteiger partial charge in [-0.1, -0.05) is 0 Å². The minimum absolute atomic E-state index is 0. The molecule has 0 amide bonds. The molecule has 0 saturated carbocycles. The van der Waals surface area contributed by atoms with Gasteiger partial charge in [0, 0.05) is 6.42 Å². The number of aromatic nitrogens is 4. The number of phosphoric acid groups is 1. The number of nitrogens with one attached hydrogen (secondary N) is 2. The van der Waals surface area contributed by atoms with Gasteiger partial charge in [0.1, 0.15) is 30.5 Å². The predicted molar refractivity (Wildman–Crippen MR) is 111 cm³/mol. The van der Waals surface area contributed by atoms with Crippen molar-refractivity contribution in [1.82, 2.24) is 19.5 Å². The summed E-state index contributed by atoms with van der Waals surface area (Å²) < 4.78 is 21.7. The minimum Gasteiger partial charge on any atom is -0.480 e. The Morgan fingerprint density at radius 3 is 2.39 bits per heavy atom. The molecule has 0 aromatic carbocycles. The fraction of sp³-hybridized carbons (Fsp3) is 0.625. The van der Waals surface area contributed by atoms with Crippen molar-refractivity contribution in [1.29, 1.82) is 0 Å². The average molecular weight is 594 g/mol. The number of phosphoric ester groups is 1. The molecular formula is C16H24N5Na3O13P+3. The van der Waals surface area contributed by atoms with Gasteiger partial charge < -0.3 is 50.5 Å². The molecule has 1 saturated heterocycles. The van der Waals surface area contributed by atoms with Gasteiger partial charge in [0.15, 0.2) is 17.4 Å². The molecule has 3 heterocycles. The van der Waals surface area contributed by atoms with Crippen molar-refractivity contribution in [2.24, 2.45) is 0 Å². The number of H-pyrrole nitrogens is 1. The molecule has 38 heavy (non-hydrogen) atoms. The van der Waals surface area contributed by atoms with Crippen molar-refractivity contribution in [3.05, 3.63) is 16.7 Å². The Kier molecular flexibility index (Phi) is 16.4. The summed E-state index contributed by atoms with van der Waals surface area (Å²) in [6.45, 7) is -1.59. The maximum Gasteiger partial charge on any atom is 1.00 e. The van der Waals surface area contributed by atoms with E-state index in [2.05, 4.69) is 24.8 Å². The molecule has 10 N–H and O–H groups in total. The summed E-state index contributed by atoms with van der Waals surface area (Å²) in [6.07, 6.45) is -8.84. The van der Waals surface area contributed by atoms with E-state index in [-0.39, 0.29) is 99.8 Å². The van der Waals surface area contributed by atoms with Crippen LogP contribution in [0.25, 0.3) is 11.2 Å². The number of carbonyl (C=O) groups is 1. The van der Waals surface area contributed by atoms with Gasteiger partial charge in [0.2, 0.25) is 5.95 Å². The van der Waals surface area contributed by atoms with Crippen molar-refractivity contribution >= 4 is 30.9 Å². The quantitative estimate of drug-likeness (QED) is 0.0853. The SMILES string of the molecule is O=C(O)C(CC(O)C(O)CO)Nc1nc2c(ncn2[C@@H]2O[C@H](COP(=O)(O)O)[C@@H](O)[C@H]2O)c(=O)[nH]1.[Na+].[Na+].[Na+]. The number of aliphatic hydroxyl groups excluding tert-OH is 5. The second-order valence-corrected chi connectivity index (χ2v) is 8.90. The number of carboxylic acids is 1. The van der Waals surface area contributed by atoms with Crippen LogP contribution in [-0.4, -0.2) is 116 Å². The first-order chi connectivity index (χ1) is 16.3. The molecule has 1 fully saturated rings. The van der Waals surface area contributed by atoms with Crippen LogP contribution in [0.2, 0.25) is 0 Å². The molecule has 0 spiro atoms. The van der Waals surface area contributed by atoms with Crippen molar-refractivity contribution in [3.8, 4) is 0 Å². The number of anilines is 1. The van der Waals surface area contributed by atoms with E-state index in [1.54, 1.807) is 0 Å². The molecule has 0 aliphatic carbocycles. The number of imidazole rings is 1. The predicted octanol–water partition coefficient (Wildman–Crippen LogP) is -13.2. The summed E-state index contributed by atoms with van der Waals surface area (Å²) in [5.41, 5.74) is -1.30. The van der Waals surface area contributed by atoms with Crippen LogP contribution in [0.1, 0.15) is 12.6 Å². The van der Waals surface area contributed by atoms with E-state index >= 15 is 0 Å². The van der Waals surface area contributed by atoms with E-state index in [1.165, 1.54) is 0 Å². The van der Waals surface area contributed by atoms with Crippen molar-refractivity contribution in [2.45, 2.75) is 49.2 Å². The molecule has 0 radical (unpaired) electrons. The molecule has 196 valence electrons. The monoisotopic (exact) mass is 594 g/mol. The first-order valence-corrected chi connectivity index (χ1v) is 11.5. The van der Waals surface area contributed by atoms with E-state index in [1.807, 2.05) is 0 Å². The van der Waals surface area contributed by atoms with Gasteiger partial charge >= 0.3 is 102 Å².